The minimum Gasteiger partial charge on any atom is -0.495 e. The van der Waals surface area contributed by atoms with Crippen LogP contribution in [0.3, 0.4) is 0 Å². The van der Waals surface area contributed by atoms with Crippen molar-refractivity contribution >= 4 is 27.5 Å². The van der Waals surface area contributed by atoms with Crippen LogP contribution in [0.2, 0.25) is 0 Å². The van der Waals surface area contributed by atoms with Crippen LogP contribution in [0.4, 0.5) is 5.69 Å². The van der Waals surface area contributed by atoms with Crippen molar-refractivity contribution in [3.05, 3.63) is 53.6 Å². The third-order valence-corrected chi connectivity index (χ3v) is 7.67. The summed E-state index contributed by atoms with van der Waals surface area (Å²) in [6.45, 7) is 3.91. The monoisotopic (exact) mass is 487 g/mol. The maximum absolute atomic E-state index is 13.1. The number of rotatable bonds is 6. The average Bonchev–Trinajstić information content (AvgIpc) is 3.38. The quantitative estimate of drug-likeness (QED) is 0.670. The zero-order valence-electron chi connectivity index (χ0n) is 19.3. The second kappa shape index (κ2) is 10.0. The number of nitrogens with zero attached hydrogens (tertiary/aromatic N) is 2. The van der Waals surface area contributed by atoms with E-state index in [1.807, 2.05) is 0 Å². The molecule has 1 unspecified atom stereocenters. The number of anilines is 1. The molecule has 2 aromatic carbocycles. The maximum Gasteiger partial charge on any atom is 0.262 e. The van der Waals surface area contributed by atoms with E-state index < -0.39 is 10.0 Å². The van der Waals surface area contributed by atoms with Crippen molar-refractivity contribution in [1.82, 2.24) is 9.80 Å². The summed E-state index contributed by atoms with van der Waals surface area (Å²) in [7, 11) is -2.50. The standard InChI is InChI=1S/C24H29N3O6S/c1-17-9-10-18(16-22(17)34(30,31)25-19-6-3-4-7-20(19)32-2)23(28)26-11-13-27(14-12-26)24(29)21-8-5-15-33-21/h3-4,6-7,9-10,16,21,25H,5,8,11-15H2,1-2H3. The van der Waals surface area contributed by atoms with Crippen LogP contribution in [0.15, 0.2) is 47.4 Å². The molecule has 2 heterocycles. The fourth-order valence-corrected chi connectivity index (χ4v) is 5.58. The Balaban J connectivity index is 1.47. The van der Waals surface area contributed by atoms with E-state index in [9.17, 15) is 18.0 Å². The molecule has 10 heteroatoms. The van der Waals surface area contributed by atoms with Crippen LogP contribution in [0, 0.1) is 6.92 Å². The molecule has 0 bridgehead atoms. The Bertz CT molecular complexity index is 1170. The number of methoxy groups -OCH3 is 1. The van der Waals surface area contributed by atoms with E-state index in [2.05, 4.69) is 4.72 Å². The predicted molar refractivity (Wildman–Crippen MR) is 126 cm³/mol. The van der Waals surface area contributed by atoms with Crippen molar-refractivity contribution in [2.45, 2.75) is 30.8 Å². The number of hydrogen-bond acceptors (Lipinski definition) is 6. The summed E-state index contributed by atoms with van der Waals surface area (Å²) in [5.74, 6) is 0.111. The summed E-state index contributed by atoms with van der Waals surface area (Å²) in [5.41, 5.74) is 1.11. The van der Waals surface area contributed by atoms with Gasteiger partial charge in [0.05, 0.1) is 17.7 Å². The van der Waals surface area contributed by atoms with Crippen LogP contribution in [0.5, 0.6) is 5.75 Å². The van der Waals surface area contributed by atoms with Gasteiger partial charge in [-0.25, -0.2) is 8.42 Å². The van der Waals surface area contributed by atoms with Crippen LogP contribution in [0.25, 0.3) is 0 Å². The van der Waals surface area contributed by atoms with E-state index in [0.717, 1.165) is 12.8 Å². The Hall–Kier alpha value is -3.11. The Morgan fingerprint density at radius 2 is 1.76 bits per heavy atom. The number of nitrogens with one attached hydrogen (secondary N) is 1. The molecule has 2 aliphatic heterocycles. The highest BCUT2D eigenvalue weighted by atomic mass is 32.2. The molecule has 2 amide bonds. The Morgan fingerprint density at radius 3 is 2.44 bits per heavy atom. The van der Waals surface area contributed by atoms with E-state index in [0.29, 0.717) is 49.8 Å². The summed E-state index contributed by atoms with van der Waals surface area (Å²) in [4.78, 5) is 29.1. The Morgan fingerprint density at radius 1 is 1.06 bits per heavy atom. The minimum atomic E-state index is -3.96. The average molecular weight is 488 g/mol. The number of piperazine rings is 1. The molecule has 4 rings (SSSR count). The second-order valence-corrected chi connectivity index (χ2v) is 10.1. The first kappa shape index (κ1) is 24.0. The van der Waals surface area contributed by atoms with E-state index in [4.69, 9.17) is 9.47 Å². The first-order valence-electron chi connectivity index (χ1n) is 11.3. The maximum atomic E-state index is 13.1. The molecule has 1 N–H and O–H groups in total. The number of sulfonamides is 1. The Labute approximate surface area is 199 Å². The van der Waals surface area contributed by atoms with Gasteiger partial charge in [-0.15, -0.1) is 0 Å². The molecule has 0 spiro atoms. The van der Waals surface area contributed by atoms with Gasteiger partial charge in [-0.05, 0) is 49.6 Å². The molecule has 2 fully saturated rings. The molecule has 182 valence electrons. The number of carbonyl (C=O) groups is 2. The summed E-state index contributed by atoms with van der Waals surface area (Å²) < 4.78 is 39.5. The molecular weight excluding hydrogens is 458 g/mol. The van der Waals surface area contributed by atoms with Gasteiger partial charge in [-0.1, -0.05) is 18.2 Å². The highest BCUT2D eigenvalue weighted by Gasteiger charge is 2.32. The second-order valence-electron chi connectivity index (χ2n) is 8.41. The van der Waals surface area contributed by atoms with Gasteiger partial charge in [0.1, 0.15) is 11.9 Å². The van der Waals surface area contributed by atoms with Crippen LogP contribution < -0.4 is 9.46 Å². The smallest absolute Gasteiger partial charge is 0.262 e. The van der Waals surface area contributed by atoms with Gasteiger partial charge in [0.15, 0.2) is 0 Å². The van der Waals surface area contributed by atoms with Gasteiger partial charge < -0.3 is 19.3 Å². The summed E-state index contributed by atoms with van der Waals surface area (Å²) in [6.07, 6.45) is 1.25. The first-order valence-corrected chi connectivity index (χ1v) is 12.7. The highest BCUT2D eigenvalue weighted by Crippen LogP contribution is 2.28. The lowest BCUT2D eigenvalue weighted by Gasteiger charge is -2.35. The Kier molecular flexibility index (Phi) is 7.08. The van der Waals surface area contributed by atoms with E-state index in [1.54, 1.807) is 53.1 Å². The van der Waals surface area contributed by atoms with Crippen LogP contribution >= 0.6 is 0 Å². The van der Waals surface area contributed by atoms with Crippen molar-refractivity contribution in [2.24, 2.45) is 0 Å². The molecule has 0 saturated carbocycles. The number of amides is 2. The van der Waals surface area contributed by atoms with Crippen molar-refractivity contribution in [2.75, 3.05) is 44.6 Å². The van der Waals surface area contributed by atoms with Gasteiger partial charge in [-0.2, -0.15) is 0 Å². The molecule has 34 heavy (non-hydrogen) atoms. The number of para-hydroxylation sites is 2. The number of aryl methyl sites for hydroxylation is 1. The summed E-state index contributed by atoms with van der Waals surface area (Å²) >= 11 is 0. The fraction of sp³-hybridized carbons (Fsp3) is 0.417. The number of carbonyl (C=O) groups excluding carboxylic acids is 2. The molecular formula is C24H29N3O6S. The molecule has 2 aliphatic rings. The zero-order valence-corrected chi connectivity index (χ0v) is 20.1. The van der Waals surface area contributed by atoms with Crippen molar-refractivity contribution in [3.8, 4) is 5.75 Å². The molecule has 0 radical (unpaired) electrons. The summed E-state index contributed by atoms with van der Waals surface area (Å²) in [5, 5.41) is 0. The molecule has 0 aliphatic carbocycles. The third kappa shape index (κ3) is 5.02. The van der Waals surface area contributed by atoms with Gasteiger partial charge in [0.2, 0.25) is 0 Å². The van der Waals surface area contributed by atoms with Gasteiger partial charge >= 0.3 is 0 Å². The predicted octanol–water partition coefficient (Wildman–Crippen LogP) is 2.27. The SMILES string of the molecule is COc1ccccc1NS(=O)(=O)c1cc(C(=O)N2CCN(C(=O)C3CCCO3)CC2)ccc1C. The van der Waals surface area contributed by atoms with Crippen LogP contribution in [-0.2, 0) is 19.6 Å². The zero-order chi connectivity index (χ0) is 24.3. The molecule has 0 aromatic heterocycles. The van der Waals surface area contributed by atoms with Crippen LogP contribution in [-0.4, -0.2) is 76.0 Å². The lowest BCUT2D eigenvalue weighted by atomic mass is 10.1. The normalized spacial score (nSPS) is 18.6. The fourth-order valence-electron chi connectivity index (χ4n) is 4.24. The van der Waals surface area contributed by atoms with Crippen LogP contribution in [0.1, 0.15) is 28.8 Å². The lowest BCUT2D eigenvalue weighted by Crippen LogP contribution is -2.52. The topological polar surface area (TPSA) is 105 Å². The van der Waals surface area contributed by atoms with Crippen molar-refractivity contribution in [3.63, 3.8) is 0 Å². The minimum absolute atomic E-state index is 0.0178. The lowest BCUT2D eigenvalue weighted by molar-refractivity contribution is -0.142. The molecule has 2 aromatic rings. The third-order valence-electron chi connectivity index (χ3n) is 6.16. The largest absolute Gasteiger partial charge is 0.495 e. The number of ether oxygens (including phenoxy) is 2. The number of benzene rings is 2. The van der Waals surface area contributed by atoms with E-state index in [-0.39, 0.29) is 28.4 Å². The first-order chi connectivity index (χ1) is 16.3. The van der Waals surface area contributed by atoms with Gasteiger partial charge in [-0.3, -0.25) is 14.3 Å². The van der Waals surface area contributed by atoms with Crippen molar-refractivity contribution in [1.29, 1.82) is 0 Å². The van der Waals surface area contributed by atoms with E-state index in [1.165, 1.54) is 13.2 Å². The highest BCUT2D eigenvalue weighted by molar-refractivity contribution is 7.92. The molecule has 1 atom stereocenters. The molecule has 9 nitrogen and oxygen atoms in total. The summed E-state index contributed by atoms with van der Waals surface area (Å²) in [6, 6.07) is 11.4. The van der Waals surface area contributed by atoms with Crippen molar-refractivity contribution < 1.29 is 27.5 Å². The molecule has 2 saturated heterocycles. The van der Waals surface area contributed by atoms with Gasteiger partial charge in [0, 0.05) is 38.3 Å². The van der Waals surface area contributed by atoms with E-state index >= 15 is 0 Å². The van der Waals surface area contributed by atoms with Gasteiger partial charge in [0.25, 0.3) is 21.8 Å². The number of hydrogen-bond donors (Lipinski definition) is 1.